The molecule has 1 amide bonds. The van der Waals surface area contributed by atoms with Crippen molar-refractivity contribution in [3.63, 3.8) is 0 Å². The quantitative estimate of drug-likeness (QED) is 0.901. The first-order valence-electron chi connectivity index (χ1n) is 7.00. The van der Waals surface area contributed by atoms with Gasteiger partial charge in [-0.3, -0.25) is 4.79 Å². The summed E-state index contributed by atoms with van der Waals surface area (Å²) in [5.41, 5.74) is 6.70. The third-order valence-corrected chi connectivity index (χ3v) is 3.77. The lowest BCUT2D eigenvalue weighted by molar-refractivity contribution is -0.134. The van der Waals surface area contributed by atoms with Crippen molar-refractivity contribution < 1.29 is 18.3 Å². The van der Waals surface area contributed by atoms with Gasteiger partial charge in [0.1, 0.15) is 5.75 Å². The molecule has 1 aromatic carbocycles. The van der Waals surface area contributed by atoms with Crippen LogP contribution in [0.5, 0.6) is 5.75 Å². The van der Waals surface area contributed by atoms with Crippen LogP contribution in [0.4, 0.5) is 8.78 Å². The standard InChI is InChI=1S/C15H20F2N2O2.ClH/c1-19(14(20)11-4-5-12(18)8-11)9-10-2-6-13(7-3-10)21-15(16)17;/h2-3,6-7,11-12,15H,4-5,8-9,18H2,1H3;1H. The van der Waals surface area contributed by atoms with E-state index in [4.69, 9.17) is 5.73 Å². The van der Waals surface area contributed by atoms with Crippen molar-refractivity contribution in [3.8, 4) is 5.75 Å². The van der Waals surface area contributed by atoms with E-state index in [0.717, 1.165) is 24.8 Å². The third kappa shape index (κ3) is 5.10. The molecule has 4 nitrogen and oxygen atoms in total. The predicted octanol–water partition coefficient (Wildman–Crippen LogP) is 2.80. The van der Waals surface area contributed by atoms with Crippen molar-refractivity contribution in [3.05, 3.63) is 29.8 Å². The normalized spacial score (nSPS) is 20.6. The largest absolute Gasteiger partial charge is 0.435 e. The van der Waals surface area contributed by atoms with Crippen LogP contribution in [0, 0.1) is 5.92 Å². The highest BCUT2D eigenvalue weighted by atomic mass is 35.5. The summed E-state index contributed by atoms with van der Waals surface area (Å²) in [5, 5.41) is 0. The maximum absolute atomic E-state index is 12.3. The molecule has 1 aliphatic rings. The van der Waals surface area contributed by atoms with Gasteiger partial charge in [-0.15, -0.1) is 12.4 Å². The predicted molar refractivity (Wildman–Crippen MR) is 82.1 cm³/mol. The number of carbonyl (C=O) groups is 1. The number of alkyl halides is 2. The lowest BCUT2D eigenvalue weighted by Crippen LogP contribution is -2.32. The van der Waals surface area contributed by atoms with Crippen LogP contribution in [-0.2, 0) is 11.3 Å². The molecule has 2 rings (SSSR count). The Morgan fingerprint density at radius 1 is 1.36 bits per heavy atom. The van der Waals surface area contributed by atoms with E-state index in [0.29, 0.717) is 6.54 Å². The van der Waals surface area contributed by atoms with E-state index >= 15 is 0 Å². The number of amides is 1. The Labute approximate surface area is 135 Å². The summed E-state index contributed by atoms with van der Waals surface area (Å²) in [5.74, 6) is 0.215. The Kier molecular flexibility index (Phi) is 7.03. The highest BCUT2D eigenvalue weighted by Gasteiger charge is 2.29. The summed E-state index contributed by atoms with van der Waals surface area (Å²) in [4.78, 5) is 13.9. The fourth-order valence-electron chi connectivity index (χ4n) is 2.68. The van der Waals surface area contributed by atoms with Gasteiger partial charge in [0.25, 0.3) is 0 Å². The number of hydrogen-bond donors (Lipinski definition) is 1. The summed E-state index contributed by atoms with van der Waals surface area (Å²) in [6.07, 6.45) is 2.47. The van der Waals surface area contributed by atoms with Crippen LogP contribution in [0.2, 0.25) is 0 Å². The van der Waals surface area contributed by atoms with Crippen LogP contribution in [-0.4, -0.2) is 30.5 Å². The first kappa shape index (κ1) is 18.6. The zero-order valence-electron chi connectivity index (χ0n) is 12.4. The van der Waals surface area contributed by atoms with Gasteiger partial charge >= 0.3 is 6.61 Å². The maximum Gasteiger partial charge on any atom is 0.387 e. The van der Waals surface area contributed by atoms with Crippen molar-refractivity contribution in [2.24, 2.45) is 11.7 Å². The van der Waals surface area contributed by atoms with Gasteiger partial charge in [0, 0.05) is 25.6 Å². The Morgan fingerprint density at radius 2 is 2.00 bits per heavy atom. The van der Waals surface area contributed by atoms with Gasteiger partial charge in [-0.1, -0.05) is 12.1 Å². The summed E-state index contributed by atoms with van der Waals surface area (Å²) in [6.45, 7) is -2.38. The maximum atomic E-state index is 12.3. The zero-order chi connectivity index (χ0) is 15.4. The SMILES string of the molecule is CN(Cc1ccc(OC(F)F)cc1)C(=O)C1CCC(N)C1.Cl. The average molecular weight is 335 g/mol. The van der Waals surface area contributed by atoms with Gasteiger partial charge in [-0.25, -0.2) is 0 Å². The fourth-order valence-corrected chi connectivity index (χ4v) is 2.68. The number of rotatable bonds is 5. The molecule has 2 atom stereocenters. The Bertz CT molecular complexity index is 485. The first-order valence-corrected chi connectivity index (χ1v) is 7.00. The fraction of sp³-hybridized carbons (Fsp3) is 0.533. The molecule has 1 saturated carbocycles. The first-order chi connectivity index (χ1) is 9.95. The smallest absolute Gasteiger partial charge is 0.387 e. The number of carbonyl (C=O) groups excluding carboxylic acids is 1. The van der Waals surface area contributed by atoms with E-state index in [2.05, 4.69) is 4.74 Å². The molecule has 0 saturated heterocycles. The molecule has 1 fully saturated rings. The highest BCUT2D eigenvalue weighted by Crippen LogP contribution is 2.26. The number of halogens is 3. The zero-order valence-corrected chi connectivity index (χ0v) is 13.2. The van der Waals surface area contributed by atoms with Gasteiger partial charge in [0.2, 0.25) is 5.91 Å². The number of ether oxygens (including phenoxy) is 1. The van der Waals surface area contributed by atoms with E-state index < -0.39 is 6.61 Å². The van der Waals surface area contributed by atoms with Gasteiger partial charge < -0.3 is 15.4 Å². The minimum atomic E-state index is -2.83. The van der Waals surface area contributed by atoms with Crippen molar-refractivity contribution >= 4 is 18.3 Å². The molecule has 2 N–H and O–H groups in total. The topological polar surface area (TPSA) is 55.6 Å². The van der Waals surface area contributed by atoms with Crippen LogP contribution in [0.1, 0.15) is 24.8 Å². The minimum absolute atomic E-state index is 0. The van der Waals surface area contributed by atoms with Crippen LogP contribution in [0.15, 0.2) is 24.3 Å². The van der Waals surface area contributed by atoms with Crippen molar-refractivity contribution in [2.45, 2.75) is 38.5 Å². The molecule has 0 radical (unpaired) electrons. The minimum Gasteiger partial charge on any atom is -0.435 e. The summed E-state index contributed by atoms with van der Waals surface area (Å²) >= 11 is 0. The molecular weight excluding hydrogens is 314 g/mol. The Balaban J connectivity index is 0.00000242. The van der Waals surface area contributed by atoms with Crippen molar-refractivity contribution in [2.75, 3.05) is 7.05 Å². The van der Waals surface area contributed by atoms with E-state index in [-0.39, 0.29) is 36.0 Å². The molecular formula is C15H21ClF2N2O2. The van der Waals surface area contributed by atoms with Gasteiger partial charge in [-0.2, -0.15) is 8.78 Å². The molecule has 22 heavy (non-hydrogen) atoms. The van der Waals surface area contributed by atoms with Crippen molar-refractivity contribution in [1.82, 2.24) is 4.90 Å². The molecule has 0 bridgehead atoms. The van der Waals surface area contributed by atoms with Crippen molar-refractivity contribution in [1.29, 1.82) is 0 Å². The third-order valence-electron chi connectivity index (χ3n) is 3.77. The highest BCUT2D eigenvalue weighted by molar-refractivity contribution is 5.85. The van der Waals surface area contributed by atoms with E-state index in [1.54, 1.807) is 24.1 Å². The van der Waals surface area contributed by atoms with Gasteiger partial charge in [0.15, 0.2) is 0 Å². The van der Waals surface area contributed by atoms with Crippen LogP contribution in [0.3, 0.4) is 0 Å². The molecule has 0 heterocycles. The lowest BCUT2D eigenvalue weighted by Gasteiger charge is -2.21. The lowest BCUT2D eigenvalue weighted by atomic mass is 10.1. The molecule has 1 aliphatic carbocycles. The monoisotopic (exact) mass is 334 g/mol. The molecule has 0 spiro atoms. The molecule has 2 unspecified atom stereocenters. The number of nitrogens with zero attached hydrogens (tertiary/aromatic N) is 1. The number of nitrogens with two attached hydrogens (primary N) is 1. The summed E-state index contributed by atoms with van der Waals surface area (Å²) in [7, 11) is 1.75. The van der Waals surface area contributed by atoms with Crippen LogP contribution < -0.4 is 10.5 Å². The van der Waals surface area contributed by atoms with E-state index in [1.807, 2.05) is 0 Å². The van der Waals surface area contributed by atoms with E-state index in [1.165, 1.54) is 12.1 Å². The van der Waals surface area contributed by atoms with Gasteiger partial charge in [0.05, 0.1) is 0 Å². The second kappa shape index (κ2) is 8.29. The van der Waals surface area contributed by atoms with Crippen LogP contribution in [0.25, 0.3) is 0 Å². The molecule has 124 valence electrons. The molecule has 0 aromatic heterocycles. The number of hydrogen-bond acceptors (Lipinski definition) is 3. The molecule has 7 heteroatoms. The van der Waals surface area contributed by atoms with Gasteiger partial charge in [-0.05, 0) is 37.0 Å². The summed E-state index contributed by atoms with van der Waals surface area (Å²) in [6, 6.07) is 6.44. The Morgan fingerprint density at radius 3 is 2.50 bits per heavy atom. The number of benzene rings is 1. The van der Waals surface area contributed by atoms with Crippen LogP contribution >= 0.6 is 12.4 Å². The van der Waals surface area contributed by atoms with E-state index in [9.17, 15) is 13.6 Å². The molecule has 0 aliphatic heterocycles. The molecule has 1 aromatic rings. The summed E-state index contributed by atoms with van der Waals surface area (Å²) < 4.78 is 28.4. The average Bonchev–Trinajstić information content (AvgIpc) is 2.86. The Hall–Kier alpha value is -1.40. The second-order valence-corrected chi connectivity index (χ2v) is 5.49. The second-order valence-electron chi connectivity index (χ2n) is 5.49.